The molecule has 11 N–H and O–H groups in total. The Morgan fingerprint density at radius 1 is 0.804 bits per heavy atom. The zero-order valence-corrected chi connectivity index (χ0v) is 55.8. The molecule has 1 heterocycles. The Kier molecular flexibility index (Phi) is 24.3. The number of unbranched alkanes of at least 4 members (excludes halogenated alkanes) is 1. The average Bonchev–Trinajstić information content (AvgIpc) is 0.674. The molecular formula is C70H88F2N6O19. The third-order valence-electron chi connectivity index (χ3n) is 19.2. The Labute approximate surface area is 560 Å². The van der Waals surface area contributed by atoms with Gasteiger partial charge >= 0.3 is 24.0 Å². The lowest BCUT2D eigenvalue weighted by molar-refractivity contribution is -0.313. The molecule has 0 radical (unpaired) electrons. The van der Waals surface area contributed by atoms with Gasteiger partial charge in [-0.15, -0.1) is 0 Å². The summed E-state index contributed by atoms with van der Waals surface area (Å²) in [5, 5.41) is 48.4. The standard InChI is InChI=1S/C70H88F2N6O19/c1-37-47(35-70(92)60(96-63(89)41-20-14-11-15-21-41)58-68(8)36-93-49(68)34-48(80)69(58,9)59(86)56(85)54(37)67(70,6)7)94-64(90)57(55(40-18-12-10-13-19-40)78-65(91)97-66(3,4)5)95-53(84)30-29-50(81)75-31-17-16-22-45(62(74)88)77-52(83)28-25-42(61(73)87)33-46(79)38(2)76-51(82)27-24-39-23-26-43(71)44(72)32-39/h10-15,18-21,23-24,26-27,32,38,42,45,47-49,55-58,60,80,85,92H,16-17,22,25,28-31,33-36H2,1-9H3,(H2,73,87)(H2,74,88)(H,75,81)(H,76,82)(H,77,83)(H,78,91)/b27-24+/t38?,42-,45?,47+,48+,49-,55+,56-,57-,58-,60+,68-,69-,70-/m1/s1. The highest BCUT2D eigenvalue weighted by Gasteiger charge is 2.75. The number of primary amides is 2. The summed E-state index contributed by atoms with van der Waals surface area (Å²) in [6.45, 7) is 14.1. The minimum Gasteiger partial charge on any atom is -0.455 e. The molecule has 14 atom stereocenters. The van der Waals surface area contributed by atoms with Crippen molar-refractivity contribution in [3.05, 3.63) is 124 Å². The number of esters is 3. The SMILES string of the molecule is CC1=C2[C@@H](O)C(=O)[C@@]3(C)[C@H]([C@H](OC(=O)c4ccccc4)[C@](O)(C[C@@H]1OC(=O)[C@H](OC(=O)CCC(=O)NCCCCC(NC(=O)CC[C@H](CC(=O)C(C)NC(=O)/C=C/c1ccc(F)c(F)c1)C(N)=O)C(N)=O)[C@@H](NC(=O)OC(C)(C)C)c1ccccc1)C2(C)C)[C@]1(C)CO[C@@H]1C[C@@H]3O. The first-order valence-electron chi connectivity index (χ1n) is 32.2. The normalized spacial score (nSPS) is 25.6. The number of ether oxygens (including phenoxy) is 5. The Balaban J connectivity index is 1.01. The molecule has 6 amide bonds. The number of nitrogens with two attached hydrogens (primary N) is 2. The molecule has 1 aliphatic heterocycles. The predicted molar refractivity (Wildman–Crippen MR) is 343 cm³/mol. The minimum atomic E-state index is -2.34. The monoisotopic (exact) mass is 1350 g/mol. The van der Waals surface area contributed by atoms with Gasteiger partial charge in [0, 0.05) is 67.4 Å². The van der Waals surface area contributed by atoms with E-state index in [1.807, 2.05) is 0 Å². The van der Waals surface area contributed by atoms with Crippen molar-refractivity contribution >= 4 is 71.2 Å². The van der Waals surface area contributed by atoms with Crippen molar-refractivity contribution in [2.75, 3.05) is 13.2 Å². The zero-order valence-electron chi connectivity index (χ0n) is 55.8. The van der Waals surface area contributed by atoms with Crippen molar-refractivity contribution in [3.63, 3.8) is 0 Å². The molecule has 4 aliphatic rings. The second kappa shape index (κ2) is 31.2. The third-order valence-corrected chi connectivity index (χ3v) is 19.2. The van der Waals surface area contributed by atoms with Crippen LogP contribution in [0.3, 0.4) is 0 Å². The van der Waals surface area contributed by atoms with E-state index in [9.17, 15) is 67.3 Å². The fourth-order valence-electron chi connectivity index (χ4n) is 13.6. The predicted octanol–water partition coefficient (Wildman–Crippen LogP) is 4.89. The van der Waals surface area contributed by atoms with Crippen LogP contribution in [0.1, 0.15) is 154 Å². The summed E-state index contributed by atoms with van der Waals surface area (Å²) in [5.74, 6) is -13.2. The molecule has 7 rings (SSSR count). The minimum absolute atomic E-state index is 0.00900. The van der Waals surface area contributed by atoms with Gasteiger partial charge in [0.25, 0.3) is 0 Å². The van der Waals surface area contributed by atoms with Gasteiger partial charge in [-0.3, -0.25) is 38.4 Å². The molecule has 0 spiro atoms. The summed E-state index contributed by atoms with van der Waals surface area (Å²) in [5.41, 5.74) is 3.67. The molecule has 3 aromatic rings. The molecule has 526 valence electrons. The quantitative estimate of drug-likeness (QED) is 0.0154. The summed E-state index contributed by atoms with van der Waals surface area (Å²) >= 11 is 0. The van der Waals surface area contributed by atoms with Gasteiger partial charge in [0.2, 0.25) is 35.6 Å². The van der Waals surface area contributed by atoms with Gasteiger partial charge < -0.3 is 71.7 Å². The van der Waals surface area contributed by atoms with E-state index in [1.54, 1.807) is 77.9 Å². The van der Waals surface area contributed by atoms with Crippen LogP contribution in [-0.2, 0) is 66.8 Å². The lowest BCUT2D eigenvalue weighted by Crippen LogP contribution is -2.77. The molecule has 97 heavy (non-hydrogen) atoms. The smallest absolute Gasteiger partial charge is 0.408 e. The Hall–Kier alpha value is -8.79. The Bertz CT molecular complexity index is 3540. The second-order valence-electron chi connectivity index (χ2n) is 27.4. The van der Waals surface area contributed by atoms with Gasteiger partial charge in [-0.2, -0.15) is 0 Å². The number of nitrogens with one attached hydrogen (secondary N) is 4. The van der Waals surface area contributed by atoms with Gasteiger partial charge in [-0.1, -0.05) is 75.4 Å². The molecule has 25 nitrogen and oxygen atoms in total. The molecule has 3 aromatic carbocycles. The Morgan fingerprint density at radius 3 is 2.07 bits per heavy atom. The number of Topliss-reactive ketones (excluding diaryl/α,β-unsaturated/α-hetero) is 2. The maximum Gasteiger partial charge on any atom is 0.408 e. The van der Waals surface area contributed by atoms with Crippen molar-refractivity contribution < 1.29 is 101 Å². The van der Waals surface area contributed by atoms with Gasteiger partial charge in [0.15, 0.2) is 23.2 Å². The van der Waals surface area contributed by atoms with Gasteiger partial charge in [0.1, 0.15) is 41.6 Å². The number of alkyl carbamates (subject to hydrolysis) is 1. The number of aliphatic hydroxyl groups is 3. The highest BCUT2D eigenvalue weighted by Crippen LogP contribution is 2.66. The highest BCUT2D eigenvalue weighted by atomic mass is 19.2. The molecule has 27 heteroatoms. The maximum atomic E-state index is 15.2. The van der Waals surface area contributed by atoms with E-state index in [-0.39, 0.29) is 79.5 Å². The van der Waals surface area contributed by atoms with Crippen LogP contribution in [0.5, 0.6) is 0 Å². The summed E-state index contributed by atoms with van der Waals surface area (Å²) in [6.07, 6.45) is -10.6. The van der Waals surface area contributed by atoms with Crippen LogP contribution in [0, 0.1) is 39.7 Å². The number of aliphatic hydroxyl groups excluding tert-OH is 2. The lowest BCUT2D eigenvalue weighted by atomic mass is 9.42. The summed E-state index contributed by atoms with van der Waals surface area (Å²) in [7, 11) is 0. The molecular weight excluding hydrogens is 1270 g/mol. The second-order valence-corrected chi connectivity index (χ2v) is 27.4. The van der Waals surface area contributed by atoms with Crippen LogP contribution in [0.15, 0.2) is 96.1 Å². The van der Waals surface area contributed by atoms with E-state index >= 15 is 9.59 Å². The van der Waals surface area contributed by atoms with Crippen molar-refractivity contribution in [1.29, 1.82) is 0 Å². The molecule has 1 saturated heterocycles. The van der Waals surface area contributed by atoms with E-state index in [0.29, 0.717) is 0 Å². The molecule has 3 fully saturated rings. The van der Waals surface area contributed by atoms with Crippen LogP contribution in [0.2, 0.25) is 0 Å². The highest BCUT2D eigenvalue weighted by molar-refractivity contribution is 5.97. The van der Waals surface area contributed by atoms with E-state index in [2.05, 4.69) is 21.3 Å². The van der Waals surface area contributed by atoms with Crippen LogP contribution >= 0.6 is 0 Å². The van der Waals surface area contributed by atoms with Crippen LogP contribution in [0.25, 0.3) is 6.08 Å². The van der Waals surface area contributed by atoms with Crippen molar-refractivity contribution in [2.24, 2.45) is 39.5 Å². The number of halogens is 2. The first kappa shape index (κ1) is 75.6. The number of carbonyl (C=O) groups excluding carboxylic acids is 11. The summed E-state index contributed by atoms with van der Waals surface area (Å²) in [4.78, 5) is 149. The average molecular weight is 1360 g/mol. The van der Waals surface area contributed by atoms with Crippen LogP contribution < -0.4 is 32.7 Å². The summed E-state index contributed by atoms with van der Waals surface area (Å²) < 4.78 is 57.1. The Morgan fingerprint density at radius 2 is 1.46 bits per heavy atom. The number of hydrogen-bond acceptors (Lipinski definition) is 19. The number of amides is 6. The molecule has 3 aliphatic carbocycles. The van der Waals surface area contributed by atoms with Crippen molar-refractivity contribution in [2.45, 2.75) is 192 Å². The number of ketones is 2. The number of carbonyl (C=O) groups is 11. The third kappa shape index (κ3) is 17.5. The first-order valence-corrected chi connectivity index (χ1v) is 32.2. The van der Waals surface area contributed by atoms with Gasteiger partial charge in [-0.25, -0.2) is 23.2 Å². The number of benzene rings is 3. The fraction of sp³-hybridized carbons (Fsp3) is 0.529. The van der Waals surface area contributed by atoms with Crippen LogP contribution in [0.4, 0.5) is 13.6 Å². The number of rotatable bonds is 28. The van der Waals surface area contributed by atoms with Gasteiger partial charge in [-0.05, 0) is 120 Å². The fourth-order valence-corrected chi connectivity index (χ4v) is 13.6. The van der Waals surface area contributed by atoms with Crippen molar-refractivity contribution in [3.8, 4) is 0 Å². The number of fused-ring (bicyclic) bond motifs is 5. The van der Waals surface area contributed by atoms with Gasteiger partial charge in [0.05, 0.1) is 42.3 Å². The van der Waals surface area contributed by atoms with E-state index in [0.717, 1.165) is 18.2 Å². The number of hydrogen-bond donors (Lipinski definition) is 9. The molecule has 2 bridgehead atoms. The van der Waals surface area contributed by atoms with Crippen molar-refractivity contribution in [1.82, 2.24) is 21.3 Å². The van der Waals surface area contributed by atoms with E-state index in [4.69, 9.17) is 35.2 Å². The van der Waals surface area contributed by atoms with Crippen LogP contribution in [-0.4, -0.2) is 153 Å². The lowest BCUT2D eigenvalue weighted by Gasteiger charge is -2.68. The zero-order chi connectivity index (χ0) is 71.7. The van der Waals surface area contributed by atoms with E-state index < -0.39 is 196 Å². The molecule has 2 saturated carbocycles. The topological polar surface area (TPSA) is 395 Å². The molecule has 0 aromatic heterocycles. The maximum absolute atomic E-state index is 15.2. The largest absolute Gasteiger partial charge is 0.455 e. The van der Waals surface area contributed by atoms with E-state index in [1.165, 1.54) is 57.2 Å². The first-order chi connectivity index (χ1) is 45.4. The molecule has 2 unspecified atom stereocenters. The summed E-state index contributed by atoms with van der Waals surface area (Å²) in [6, 6.07) is 14.9.